The number of carbonyl (C=O) groups is 2. The highest BCUT2D eigenvalue weighted by Crippen LogP contribution is 2.15. The highest BCUT2D eigenvalue weighted by Gasteiger charge is 2.11. The summed E-state index contributed by atoms with van der Waals surface area (Å²) in [6.07, 6.45) is 33.3. The van der Waals surface area contributed by atoms with E-state index < -0.39 is 12.5 Å². The molecule has 0 aliphatic heterocycles. The molecule has 2 unspecified atom stereocenters. The third-order valence-corrected chi connectivity index (χ3v) is 8.71. The Morgan fingerprint density at radius 1 is 0.356 bits per heavy atom. The van der Waals surface area contributed by atoms with Crippen LogP contribution in [0.2, 0.25) is 0 Å². The average Bonchev–Trinajstić information content (AvgIpc) is 3.01. The minimum atomic E-state index is -0.459. The molecule has 268 valence electrons. The van der Waals surface area contributed by atoms with Crippen LogP contribution in [0.4, 0.5) is 0 Å². The highest BCUT2D eigenvalue weighted by atomic mass is 16.6. The Morgan fingerprint density at radius 2 is 0.578 bits per heavy atom. The van der Waals surface area contributed by atoms with Gasteiger partial charge < -0.3 is 20.9 Å². The first kappa shape index (κ1) is 43.8. The van der Waals surface area contributed by atoms with E-state index in [2.05, 4.69) is 0 Å². The molecule has 0 saturated carbocycles. The van der Waals surface area contributed by atoms with Gasteiger partial charge in [-0.3, -0.25) is 21.1 Å². The Labute approximate surface area is 278 Å². The largest absolute Gasteiger partial charge is 0.447 e. The molecular formula is C37H76N4O4. The van der Waals surface area contributed by atoms with E-state index in [4.69, 9.17) is 32.4 Å². The predicted molar refractivity (Wildman–Crippen MR) is 189 cm³/mol. The molecule has 45 heavy (non-hydrogen) atoms. The van der Waals surface area contributed by atoms with Crippen molar-refractivity contribution in [2.75, 3.05) is 13.1 Å². The van der Waals surface area contributed by atoms with E-state index in [1.54, 1.807) is 0 Å². The number of esters is 2. The zero-order valence-corrected chi connectivity index (χ0v) is 29.4. The van der Waals surface area contributed by atoms with E-state index in [0.717, 1.165) is 103 Å². The quantitative estimate of drug-likeness (QED) is 0.0301. The molecular weight excluding hydrogens is 564 g/mol. The van der Waals surface area contributed by atoms with Crippen LogP contribution in [-0.2, 0) is 19.1 Å². The summed E-state index contributed by atoms with van der Waals surface area (Å²) in [5.74, 6) is -0.314. The summed E-state index contributed by atoms with van der Waals surface area (Å²) in [7, 11) is 0. The standard InChI is InChI=1S/C37H76N4O4/c38-32-26-20-14-8-2-4-10-16-22-28-34(40)44-36(42)30-24-18-12-6-1-7-13-19-25-31-37(43)45-35(41)29-23-17-11-5-3-9-15-21-27-33-39/h34-35H,1-33,38-41H2. The lowest BCUT2D eigenvalue weighted by Crippen LogP contribution is -2.26. The number of nitrogens with two attached hydrogens (primary N) is 4. The van der Waals surface area contributed by atoms with E-state index in [0.29, 0.717) is 12.8 Å². The molecule has 0 aliphatic rings. The normalized spacial score (nSPS) is 12.7. The van der Waals surface area contributed by atoms with Crippen molar-refractivity contribution in [3.63, 3.8) is 0 Å². The number of carbonyl (C=O) groups excluding carboxylic acids is 2. The molecule has 0 aliphatic carbocycles. The Morgan fingerprint density at radius 3 is 0.844 bits per heavy atom. The summed E-state index contributed by atoms with van der Waals surface area (Å²) in [6.45, 7) is 1.62. The van der Waals surface area contributed by atoms with Crippen molar-refractivity contribution in [3.05, 3.63) is 0 Å². The lowest BCUT2D eigenvalue weighted by Gasteiger charge is -2.13. The van der Waals surface area contributed by atoms with Gasteiger partial charge in [-0.15, -0.1) is 0 Å². The second-order valence-corrected chi connectivity index (χ2v) is 13.3. The average molecular weight is 641 g/mol. The molecule has 0 saturated heterocycles. The second kappa shape index (κ2) is 35.6. The van der Waals surface area contributed by atoms with E-state index in [1.807, 2.05) is 0 Å². The molecule has 8 nitrogen and oxygen atoms in total. The number of hydrogen-bond acceptors (Lipinski definition) is 8. The van der Waals surface area contributed by atoms with Crippen LogP contribution in [0.1, 0.15) is 199 Å². The Balaban J connectivity index is 3.41. The molecule has 0 aromatic heterocycles. The fourth-order valence-corrected chi connectivity index (χ4v) is 5.80. The van der Waals surface area contributed by atoms with Crippen LogP contribution < -0.4 is 22.9 Å². The van der Waals surface area contributed by atoms with Crippen LogP contribution in [0, 0.1) is 0 Å². The predicted octanol–water partition coefficient (Wildman–Crippen LogP) is 8.65. The zero-order chi connectivity index (χ0) is 33.1. The molecule has 0 heterocycles. The first-order valence-corrected chi connectivity index (χ1v) is 19.3. The number of unbranched alkanes of at least 4 members (excludes halogenated alkanes) is 24. The van der Waals surface area contributed by atoms with Crippen molar-refractivity contribution in [3.8, 4) is 0 Å². The lowest BCUT2D eigenvalue weighted by atomic mass is 10.1. The topological polar surface area (TPSA) is 157 Å². The van der Waals surface area contributed by atoms with Gasteiger partial charge >= 0.3 is 11.9 Å². The van der Waals surface area contributed by atoms with Crippen molar-refractivity contribution in [1.29, 1.82) is 0 Å². The molecule has 8 N–H and O–H groups in total. The van der Waals surface area contributed by atoms with Crippen molar-refractivity contribution in [1.82, 2.24) is 0 Å². The molecule has 0 radical (unpaired) electrons. The molecule has 0 amide bonds. The maximum absolute atomic E-state index is 12.0. The molecule has 0 rings (SSSR count). The molecule has 0 bridgehead atoms. The van der Waals surface area contributed by atoms with Crippen molar-refractivity contribution < 1.29 is 19.1 Å². The third kappa shape index (κ3) is 35.5. The molecule has 0 aromatic carbocycles. The number of ether oxygens (including phenoxy) is 2. The maximum atomic E-state index is 12.0. The van der Waals surface area contributed by atoms with Crippen LogP contribution in [0.3, 0.4) is 0 Å². The number of rotatable bonds is 36. The van der Waals surface area contributed by atoms with E-state index >= 15 is 0 Å². The van der Waals surface area contributed by atoms with Crippen LogP contribution in [0.5, 0.6) is 0 Å². The van der Waals surface area contributed by atoms with Crippen LogP contribution in [-0.4, -0.2) is 37.5 Å². The lowest BCUT2D eigenvalue weighted by molar-refractivity contribution is -0.150. The maximum Gasteiger partial charge on any atom is 0.307 e. The van der Waals surface area contributed by atoms with Gasteiger partial charge in [0, 0.05) is 12.8 Å². The third-order valence-electron chi connectivity index (χ3n) is 8.71. The van der Waals surface area contributed by atoms with E-state index in [1.165, 1.54) is 96.3 Å². The van der Waals surface area contributed by atoms with Gasteiger partial charge in [0.15, 0.2) is 12.5 Å². The summed E-state index contributed by atoms with van der Waals surface area (Å²) in [6, 6.07) is 0. The van der Waals surface area contributed by atoms with Crippen molar-refractivity contribution >= 4 is 11.9 Å². The molecule has 0 fully saturated rings. The summed E-state index contributed by atoms with van der Waals surface area (Å²) < 4.78 is 10.8. The van der Waals surface area contributed by atoms with Gasteiger partial charge in [-0.1, -0.05) is 135 Å². The van der Waals surface area contributed by atoms with E-state index in [9.17, 15) is 9.59 Å². The Kier molecular flexibility index (Phi) is 34.7. The summed E-state index contributed by atoms with van der Waals surface area (Å²) in [5.41, 5.74) is 23.0. The molecule has 0 spiro atoms. The monoisotopic (exact) mass is 641 g/mol. The zero-order valence-electron chi connectivity index (χ0n) is 29.4. The fraction of sp³-hybridized carbons (Fsp3) is 0.946. The smallest absolute Gasteiger partial charge is 0.307 e. The first-order valence-electron chi connectivity index (χ1n) is 19.3. The van der Waals surface area contributed by atoms with Gasteiger partial charge in [0.2, 0.25) is 0 Å². The van der Waals surface area contributed by atoms with E-state index in [-0.39, 0.29) is 11.9 Å². The first-order chi connectivity index (χ1) is 22.0. The van der Waals surface area contributed by atoms with Crippen molar-refractivity contribution in [2.24, 2.45) is 22.9 Å². The molecule has 2 atom stereocenters. The van der Waals surface area contributed by atoms with Gasteiger partial charge in [-0.25, -0.2) is 0 Å². The van der Waals surface area contributed by atoms with Crippen molar-refractivity contribution in [2.45, 2.75) is 212 Å². The highest BCUT2D eigenvalue weighted by molar-refractivity contribution is 5.69. The Hall–Kier alpha value is -1.22. The van der Waals surface area contributed by atoms with Crippen LogP contribution in [0.15, 0.2) is 0 Å². The summed E-state index contributed by atoms with van der Waals surface area (Å²) in [5, 5.41) is 0. The van der Waals surface area contributed by atoms with Gasteiger partial charge in [0.25, 0.3) is 0 Å². The summed E-state index contributed by atoms with van der Waals surface area (Å²) in [4.78, 5) is 24.1. The van der Waals surface area contributed by atoms with Crippen LogP contribution in [0.25, 0.3) is 0 Å². The van der Waals surface area contributed by atoms with Crippen LogP contribution >= 0.6 is 0 Å². The minimum Gasteiger partial charge on any atom is -0.447 e. The van der Waals surface area contributed by atoms with Gasteiger partial charge in [-0.2, -0.15) is 0 Å². The number of hydrogen-bond donors (Lipinski definition) is 4. The van der Waals surface area contributed by atoms with Gasteiger partial charge in [0.1, 0.15) is 0 Å². The SMILES string of the molecule is NCCCCCCCCCCCC(N)OC(=O)CCCCCCCCCCCC(=O)OC(N)CCCCCCCCCCCN. The molecule has 8 heteroatoms. The molecule has 0 aromatic rings. The summed E-state index contributed by atoms with van der Waals surface area (Å²) >= 11 is 0. The second-order valence-electron chi connectivity index (χ2n) is 13.3. The van der Waals surface area contributed by atoms with Gasteiger partial charge in [-0.05, 0) is 64.5 Å². The Bertz CT molecular complexity index is 586. The fourth-order valence-electron chi connectivity index (χ4n) is 5.80. The van der Waals surface area contributed by atoms with Gasteiger partial charge in [0.05, 0.1) is 0 Å². The minimum absolute atomic E-state index is 0.157.